The molecule has 0 radical (unpaired) electrons. The lowest BCUT2D eigenvalue weighted by atomic mass is 10.0. The largest absolute Gasteiger partial charge is 0.381 e. The average molecular weight is 205 g/mol. The van der Waals surface area contributed by atoms with Crippen LogP contribution in [0.2, 0.25) is 0 Å². The number of aromatic nitrogens is 2. The van der Waals surface area contributed by atoms with Gasteiger partial charge in [-0.2, -0.15) is 0 Å². The highest BCUT2D eigenvalue weighted by Crippen LogP contribution is 2.30. The van der Waals surface area contributed by atoms with E-state index in [0.29, 0.717) is 11.8 Å². The van der Waals surface area contributed by atoms with Crippen molar-refractivity contribution in [3.05, 3.63) is 18.0 Å². The van der Waals surface area contributed by atoms with E-state index < -0.39 is 0 Å². The molecular formula is C11H15N3O. The molecule has 0 amide bonds. The normalized spacial score (nSPS) is 29.5. The van der Waals surface area contributed by atoms with Gasteiger partial charge in [0.25, 0.3) is 0 Å². The van der Waals surface area contributed by atoms with E-state index in [2.05, 4.69) is 14.9 Å². The van der Waals surface area contributed by atoms with E-state index in [9.17, 15) is 0 Å². The fourth-order valence-electron chi connectivity index (χ4n) is 2.40. The molecule has 0 saturated carbocycles. The van der Waals surface area contributed by atoms with Crippen LogP contribution in [0.4, 0.5) is 5.95 Å². The standard InChI is InChI=1S/C11H15N3O/c1-8-2-12-11(13-3-8)14-4-9-6-15-7-10(9)5-14/h2-3,9-10H,4-7H2,1H3/t9-,10+. The summed E-state index contributed by atoms with van der Waals surface area (Å²) in [6.45, 7) is 5.93. The van der Waals surface area contributed by atoms with Crippen LogP contribution in [-0.2, 0) is 4.74 Å². The molecule has 0 spiro atoms. The summed E-state index contributed by atoms with van der Waals surface area (Å²) in [7, 11) is 0. The minimum atomic E-state index is 0.690. The summed E-state index contributed by atoms with van der Waals surface area (Å²) in [6, 6.07) is 0. The van der Waals surface area contributed by atoms with Crippen LogP contribution in [0.25, 0.3) is 0 Å². The predicted octanol–water partition coefficient (Wildman–Crippen LogP) is 0.868. The van der Waals surface area contributed by atoms with E-state index in [1.54, 1.807) is 0 Å². The molecule has 80 valence electrons. The van der Waals surface area contributed by atoms with Gasteiger partial charge >= 0.3 is 0 Å². The minimum absolute atomic E-state index is 0.690. The number of rotatable bonds is 1. The SMILES string of the molecule is Cc1cnc(N2C[C@H]3COC[C@H]3C2)nc1. The zero-order valence-corrected chi connectivity index (χ0v) is 8.89. The van der Waals surface area contributed by atoms with Crippen molar-refractivity contribution in [3.8, 4) is 0 Å². The molecule has 0 N–H and O–H groups in total. The Morgan fingerprint density at radius 1 is 1.20 bits per heavy atom. The van der Waals surface area contributed by atoms with Gasteiger partial charge in [0, 0.05) is 37.3 Å². The maximum atomic E-state index is 5.45. The molecule has 2 aliphatic heterocycles. The van der Waals surface area contributed by atoms with Gasteiger partial charge in [0.2, 0.25) is 5.95 Å². The van der Waals surface area contributed by atoms with Gasteiger partial charge < -0.3 is 9.64 Å². The number of hydrogen-bond donors (Lipinski definition) is 0. The van der Waals surface area contributed by atoms with Crippen molar-refractivity contribution in [1.29, 1.82) is 0 Å². The molecule has 3 heterocycles. The highest BCUT2D eigenvalue weighted by Gasteiger charge is 2.37. The second-order valence-corrected chi connectivity index (χ2v) is 4.52. The van der Waals surface area contributed by atoms with Gasteiger partial charge in [0.1, 0.15) is 0 Å². The lowest BCUT2D eigenvalue weighted by Crippen LogP contribution is -2.24. The van der Waals surface area contributed by atoms with Crippen LogP contribution in [0.15, 0.2) is 12.4 Å². The van der Waals surface area contributed by atoms with Crippen molar-refractivity contribution in [2.75, 3.05) is 31.2 Å². The molecule has 0 aliphatic carbocycles. The van der Waals surface area contributed by atoms with Crippen LogP contribution in [0.3, 0.4) is 0 Å². The Hall–Kier alpha value is -1.16. The highest BCUT2D eigenvalue weighted by molar-refractivity contribution is 5.32. The molecule has 4 nitrogen and oxygen atoms in total. The first-order valence-electron chi connectivity index (χ1n) is 5.44. The van der Waals surface area contributed by atoms with Crippen LogP contribution in [0.1, 0.15) is 5.56 Å². The van der Waals surface area contributed by atoms with Gasteiger partial charge in [0.15, 0.2) is 0 Å². The Balaban J connectivity index is 1.76. The summed E-state index contributed by atoms with van der Waals surface area (Å²) in [5, 5.41) is 0. The van der Waals surface area contributed by atoms with Gasteiger partial charge in [-0.15, -0.1) is 0 Å². The predicted molar refractivity (Wildman–Crippen MR) is 56.8 cm³/mol. The van der Waals surface area contributed by atoms with E-state index in [1.165, 1.54) is 0 Å². The molecule has 1 aromatic rings. The van der Waals surface area contributed by atoms with Crippen molar-refractivity contribution in [2.24, 2.45) is 11.8 Å². The Morgan fingerprint density at radius 3 is 2.40 bits per heavy atom. The van der Waals surface area contributed by atoms with Crippen LogP contribution < -0.4 is 4.90 Å². The minimum Gasteiger partial charge on any atom is -0.381 e. The average Bonchev–Trinajstić information content (AvgIpc) is 2.78. The summed E-state index contributed by atoms with van der Waals surface area (Å²) in [5.74, 6) is 2.25. The quantitative estimate of drug-likeness (QED) is 0.682. The first kappa shape index (κ1) is 9.09. The zero-order valence-electron chi connectivity index (χ0n) is 8.89. The molecule has 2 aliphatic rings. The van der Waals surface area contributed by atoms with Crippen molar-refractivity contribution in [3.63, 3.8) is 0 Å². The third-order valence-corrected chi connectivity index (χ3v) is 3.29. The summed E-state index contributed by atoms with van der Waals surface area (Å²) in [5.41, 5.74) is 1.11. The topological polar surface area (TPSA) is 38.2 Å². The number of ether oxygens (including phenoxy) is 1. The molecule has 1 aromatic heterocycles. The van der Waals surface area contributed by atoms with Crippen LogP contribution >= 0.6 is 0 Å². The first-order valence-corrected chi connectivity index (χ1v) is 5.44. The van der Waals surface area contributed by atoms with Crippen molar-refractivity contribution >= 4 is 5.95 Å². The van der Waals surface area contributed by atoms with Gasteiger partial charge in [-0.3, -0.25) is 0 Å². The molecule has 2 atom stereocenters. The molecule has 15 heavy (non-hydrogen) atoms. The maximum Gasteiger partial charge on any atom is 0.225 e. The maximum absolute atomic E-state index is 5.45. The molecule has 2 fully saturated rings. The Kier molecular flexibility index (Phi) is 2.09. The number of hydrogen-bond acceptors (Lipinski definition) is 4. The lowest BCUT2D eigenvalue weighted by Gasteiger charge is -2.16. The van der Waals surface area contributed by atoms with Crippen molar-refractivity contribution in [2.45, 2.75) is 6.92 Å². The first-order chi connectivity index (χ1) is 7.33. The third-order valence-electron chi connectivity index (χ3n) is 3.29. The number of nitrogens with zero attached hydrogens (tertiary/aromatic N) is 3. The monoisotopic (exact) mass is 205 g/mol. The zero-order chi connectivity index (χ0) is 10.3. The number of anilines is 1. The molecule has 4 heteroatoms. The van der Waals surface area contributed by atoms with Gasteiger partial charge in [-0.25, -0.2) is 9.97 Å². The highest BCUT2D eigenvalue weighted by atomic mass is 16.5. The van der Waals surface area contributed by atoms with Gasteiger partial charge in [-0.05, 0) is 12.5 Å². The van der Waals surface area contributed by atoms with Crippen molar-refractivity contribution < 1.29 is 4.74 Å². The van der Waals surface area contributed by atoms with Gasteiger partial charge in [0.05, 0.1) is 13.2 Å². The second-order valence-electron chi connectivity index (χ2n) is 4.52. The van der Waals surface area contributed by atoms with E-state index >= 15 is 0 Å². The fraction of sp³-hybridized carbons (Fsp3) is 0.636. The van der Waals surface area contributed by atoms with Crippen LogP contribution in [0, 0.1) is 18.8 Å². The number of fused-ring (bicyclic) bond motifs is 1. The van der Waals surface area contributed by atoms with E-state index in [1.807, 2.05) is 19.3 Å². The Morgan fingerprint density at radius 2 is 1.80 bits per heavy atom. The molecule has 0 unspecified atom stereocenters. The van der Waals surface area contributed by atoms with E-state index in [-0.39, 0.29) is 0 Å². The summed E-state index contributed by atoms with van der Waals surface area (Å²) < 4.78 is 5.45. The molecule has 0 bridgehead atoms. The Bertz CT molecular complexity index is 339. The molecule has 3 rings (SSSR count). The summed E-state index contributed by atoms with van der Waals surface area (Å²) >= 11 is 0. The fourth-order valence-corrected chi connectivity index (χ4v) is 2.40. The van der Waals surface area contributed by atoms with Gasteiger partial charge in [-0.1, -0.05) is 0 Å². The van der Waals surface area contributed by atoms with Crippen molar-refractivity contribution in [1.82, 2.24) is 9.97 Å². The second kappa shape index (κ2) is 3.45. The van der Waals surface area contributed by atoms with Crippen LogP contribution in [0.5, 0.6) is 0 Å². The Labute approximate surface area is 89.3 Å². The van der Waals surface area contributed by atoms with E-state index in [0.717, 1.165) is 37.8 Å². The third kappa shape index (κ3) is 1.59. The van der Waals surface area contributed by atoms with E-state index in [4.69, 9.17) is 4.74 Å². The lowest BCUT2D eigenvalue weighted by molar-refractivity contribution is 0.177. The summed E-state index contributed by atoms with van der Waals surface area (Å²) in [4.78, 5) is 11.0. The number of aryl methyl sites for hydroxylation is 1. The molecule has 0 aromatic carbocycles. The summed E-state index contributed by atoms with van der Waals surface area (Å²) in [6.07, 6.45) is 3.76. The van der Waals surface area contributed by atoms with Crippen LogP contribution in [-0.4, -0.2) is 36.3 Å². The smallest absolute Gasteiger partial charge is 0.225 e. The molecule has 2 saturated heterocycles. The molecular weight excluding hydrogens is 190 g/mol.